The van der Waals surface area contributed by atoms with E-state index in [1.54, 1.807) is 41.6 Å². The van der Waals surface area contributed by atoms with Crippen LogP contribution in [0.25, 0.3) is 11.3 Å². The molecule has 0 aromatic carbocycles. The molecular formula is C14H14N6O2. The Labute approximate surface area is 126 Å². The van der Waals surface area contributed by atoms with E-state index in [0.29, 0.717) is 18.8 Å². The number of carbonyl (C=O) groups is 1. The lowest BCUT2D eigenvalue weighted by Crippen LogP contribution is -2.25. The largest absolute Gasteiger partial charge is 0.355 e. The zero-order valence-electron chi connectivity index (χ0n) is 11.7. The van der Waals surface area contributed by atoms with Crippen LogP contribution in [-0.4, -0.2) is 37.6 Å². The van der Waals surface area contributed by atoms with Crippen LogP contribution >= 0.6 is 0 Å². The second-order valence-electron chi connectivity index (χ2n) is 4.59. The second kappa shape index (κ2) is 6.61. The molecule has 0 saturated heterocycles. The van der Waals surface area contributed by atoms with Crippen LogP contribution in [0.3, 0.4) is 0 Å². The summed E-state index contributed by atoms with van der Waals surface area (Å²) < 4.78 is 6.87. The first kappa shape index (κ1) is 13.9. The molecule has 3 rings (SSSR count). The first-order valence-corrected chi connectivity index (χ1v) is 6.82. The Bertz CT molecular complexity index is 723. The first-order chi connectivity index (χ1) is 10.8. The molecule has 0 saturated carbocycles. The van der Waals surface area contributed by atoms with E-state index in [1.165, 1.54) is 0 Å². The van der Waals surface area contributed by atoms with E-state index in [2.05, 4.69) is 25.8 Å². The quantitative estimate of drug-likeness (QED) is 0.685. The fourth-order valence-electron chi connectivity index (χ4n) is 1.91. The van der Waals surface area contributed by atoms with Gasteiger partial charge in [-0.05, 0) is 18.6 Å². The summed E-state index contributed by atoms with van der Waals surface area (Å²) in [7, 11) is 0. The molecule has 0 atom stereocenters. The molecule has 1 amide bonds. The summed E-state index contributed by atoms with van der Waals surface area (Å²) in [6, 6.07) is 5.23. The van der Waals surface area contributed by atoms with Crippen molar-refractivity contribution in [1.29, 1.82) is 0 Å². The van der Waals surface area contributed by atoms with Crippen LogP contribution in [0.5, 0.6) is 0 Å². The van der Waals surface area contributed by atoms with E-state index in [0.717, 1.165) is 12.0 Å². The first-order valence-electron chi connectivity index (χ1n) is 6.82. The van der Waals surface area contributed by atoms with E-state index in [9.17, 15) is 4.79 Å². The molecular weight excluding hydrogens is 284 g/mol. The maximum atomic E-state index is 12.0. The Hall–Kier alpha value is -3.03. The van der Waals surface area contributed by atoms with Gasteiger partial charge >= 0.3 is 0 Å². The van der Waals surface area contributed by atoms with Crippen LogP contribution in [-0.2, 0) is 6.54 Å². The van der Waals surface area contributed by atoms with Crippen LogP contribution in [0.2, 0.25) is 0 Å². The topological polar surface area (TPSA) is 98.7 Å². The fourth-order valence-corrected chi connectivity index (χ4v) is 1.91. The van der Waals surface area contributed by atoms with Gasteiger partial charge < -0.3 is 9.84 Å². The Morgan fingerprint density at radius 1 is 1.36 bits per heavy atom. The van der Waals surface area contributed by atoms with E-state index < -0.39 is 0 Å². The van der Waals surface area contributed by atoms with E-state index in [4.69, 9.17) is 4.52 Å². The molecule has 3 aromatic rings. The zero-order chi connectivity index (χ0) is 15.2. The summed E-state index contributed by atoms with van der Waals surface area (Å²) in [5.74, 6) is 0.248. The van der Waals surface area contributed by atoms with Crippen LogP contribution in [0.15, 0.2) is 47.5 Å². The zero-order valence-corrected chi connectivity index (χ0v) is 11.7. The van der Waals surface area contributed by atoms with Crippen LogP contribution in [0.1, 0.15) is 16.9 Å². The fraction of sp³-hybridized carbons (Fsp3) is 0.214. The van der Waals surface area contributed by atoms with Crippen molar-refractivity contribution in [2.24, 2.45) is 0 Å². The summed E-state index contributed by atoms with van der Waals surface area (Å²) in [6.45, 7) is 1.22. The Balaban J connectivity index is 1.51. The molecule has 0 aliphatic heterocycles. The predicted octanol–water partition coefficient (Wildman–Crippen LogP) is 1.15. The SMILES string of the molecule is O=C(NCCCn1ccnn1)c1cc(-c2cccnc2)on1. The van der Waals surface area contributed by atoms with E-state index in [1.807, 2.05) is 6.07 Å². The summed E-state index contributed by atoms with van der Waals surface area (Å²) in [5.41, 5.74) is 1.03. The average molecular weight is 298 g/mol. The van der Waals surface area contributed by atoms with Crippen molar-refractivity contribution in [3.8, 4) is 11.3 Å². The van der Waals surface area contributed by atoms with Gasteiger partial charge in [-0.15, -0.1) is 5.10 Å². The van der Waals surface area contributed by atoms with E-state index in [-0.39, 0.29) is 11.6 Å². The molecule has 3 aromatic heterocycles. The minimum Gasteiger partial charge on any atom is -0.355 e. The van der Waals surface area contributed by atoms with Crippen molar-refractivity contribution in [1.82, 2.24) is 30.5 Å². The van der Waals surface area contributed by atoms with Gasteiger partial charge in [0.2, 0.25) is 0 Å². The summed E-state index contributed by atoms with van der Waals surface area (Å²) in [6.07, 6.45) is 7.47. The van der Waals surface area contributed by atoms with Gasteiger partial charge in [0.15, 0.2) is 11.5 Å². The number of aryl methyl sites for hydroxylation is 1. The smallest absolute Gasteiger partial charge is 0.273 e. The molecule has 8 heteroatoms. The molecule has 112 valence electrons. The van der Waals surface area contributed by atoms with Crippen molar-refractivity contribution in [2.75, 3.05) is 6.54 Å². The molecule has 0 aliphatic rings. The molecule has 8 nitrogen and oxygen atoms in total. The van der Waals surface area contributed by atoms with Crippen molar-refractivity contribution in [2.45, 2.75) is 13.0 Å². The lowest BCUT2D eigenvalue weighted by atomic mass is 10.2. The Morgan fingerprint density at radius 2 is 2.32 bits per heavy atom. The molecule has 3 heterocycles. The number of amides is 1. The number of carbonyl (C=O) groups excluding carboxylic acids is 1. The minimum absolute atomic E-state index is 0.250. The highest BCUT2D eigenvalue weighted by molar-refractivity contribution is 5.93. The number of nitrogens with one attached hydrogen (secondary N) is 1. The van der Waals surface area contributed by atoms with Gasteiger partial charge in [-0.3, -0.25) is 14.5 Å². The molecule has 0 bridgehead atoms. The summed E-state index contributed by atoms with van der Waals surface area (Å²) in [4.78, 5) is 16.0. The molecule has 0 aliphatic carbocycles. The average Bonchev–Trinajstić information content (AvgIpc) is 3.24. The third-order valence-electron chi connectivity index (χ3n) is 3.01. The van der Waals surface area contributed by atoms with E-state index >= 15 is 0 Å². The second-order valence-corrected chi connectivity index (χ2v) is 4.59. The van der Waals surface area contributed by atoms with Crippen LogP contribution in [0, 0.1) is 0 Å². The number of hydrogen-bond donors (Lipinski definition) is 1. The molecule has 0 radical (unpaired) electrons. The van der Waals surface area contributed by atoms with Crippen LogP contribution in [0.4, 0.5) is 0 Å². The molecule has 0 spiro atoms. The van der Waals surface area contributed by atoms with Crippen molar-refractivity contribution in [3.63, 3.8) is 0 Å². The number of nitrogens with zero attached hydrogens (tertiary/aromatic N) is 5. The number of aromatic nitrogens is 5. The van der Waals surface area contributed by atoms with Gasteiger partial charge in [0.25, 0.3) is 5.91 Å². The highest BCUT2D eigenvalue weighted by Gasteiger charge is 2.13. The van der Waals surface area contributed by atoms with Gasteiger partial charge in [-0.25, -0.2) is 0 Å². The minimum atomic E-state index is -0.266. The third-order valence-corrected chi connectivity index (χ3v) is 3.01. The van der Waals surface area contributed by atoms with Gasteiger partial charge in [0.05, 0.1) is 6.20 Å². The maximum absolute atomic E-state index is 12.0. The third kappa shape index (κ3) is 3.35. The van der Waals surface area contributed by atoms with Gasteiger partial charge in [0.1, 0.15) is 0 Å². The van der Waals surface area contributed by atoms with Gasteiger partial charge in [-0.1, -0.05) is 10.4 Å². The number of hydrogen-bond acceptors (Lipinski definition) is 6. The maximum Gasteiger partial charge on any atom is 0.273 e. The highest BCUT2D eigenvalue weighted by atomic mass is 16.5. The molecule has 1 N–H and O–H groups in total. The normalized spacial score (nSPS) is 10.5. The lowest BCUT2D eigenvalue weighted by Gasteiger charge is -2.02. The monoisotopic (exact) mass is 298 g/mol. The molecule has 0 unspecified atom stereocenters. The number of rotatable bonds is 6. The van der Waals surface area contributed by atoms with Gasteiger partial charge in [0, 0.05) is 43.3 Å². The predicted molar refractivity (Wildman–Crippen MR) is 76.7 cm³/mol. The lowest BCUT2D eigenvalue weighted by molar-refractivity contribution is 0.0943. The van der Waals surface area contributed by atoms with Crippen molar-refractivity contribution < 1.29 is 9.32 Å². The Morgan fingerprint density at radius 3 is 3.09 bits per heavy atom. The standard InChI is InChI=1S/C14H14N6O2/c21-14(16-5-2-7-20-8-6-17-19-20)12-9-13(22-18-12)11-3-1-4-15-10-11/h1,3-4,6,8-10H,2,5,7H2,(H,16,21). The Kier molecular flexibility index (Phi) is 4.19. The summed E-state index contributed by atoms with van der Waals surface area (Å²) >= 11 is 0. The highest BCUT2D eigenvalue weighted by Crippen LogP contribution is 2.18. The number of pyridine rings is 1. The molecule has 0 fully saturated rings. The molecule has 22 heavy (non-hydrogen) atoms. The van der Waals surface area contributed by atoms with Crippen LogP contribution < -0.4 is 5.32 Å². The van der Waals surface area contributed by atoms with Crippen molar-refractivity contribution >= 4 is 5.91 Å². The van der Waals surface area contributed by atoms with Crippen molar-refractivity contribution in [3.05, 3.63) is 48.7 Å². The van der Waals surface area contributed by atoms with Gasteiger partial charge in [-0.2, -0.15) is 0 Å². The summed E-state index contributed by atoms with van der Waals surface area (Å²) in [5, 5.41) is 14.1.